The zero-order valence-electron chi connectivity index (χ0n) is 11.1. The van der Waals surface area contributed by atoms with E-state index in [1.165, 1.54) is 0 Å². The Morgan fingerprint density at radius 3 is 2.63 bits per heavy atom. The molecule has 0 amide bonds. The highest BCUT2D eigenvalue weighted by molar-refractivity contribution is 5.32. The van der Waals surface area contributed by atoms with Crippen LogP contribution in [0.5, 0.6) is 0 Å². The van der Waals surface area contributed by atoms with E-state index >= 15 is 0 Å². The van der Waals surface area contributed by atoms with Gasteiger partial charge < -0.3 is 5.32 Å². The predicted octanol–water partition coefficient (Wildman–Crippen LogP) is 3.12. The molecule has 0 aromatic heterocycles. The molecule has 98 valence electrons. The van der Waals surface area contributed by atoms with Gasteiger partial charge in [0.2, 0.25) is 0 Å². The molecule has 19 heavy (non-hydrogen) atoms. The summed E-state index contributed by atoms with van der Waals surface area (Å²) in [6, 6.07) is 12.7. The summed E-state index contributed by atoms with van der Waals surface area (Å²) in [5.74, 6) is 0.602. The first-order valence-corrected chi connectivity index (χ1v) is 6.91. The summed E-state index contributed by atoms with van der Waals surface area (Å²) in [5.41, 5.74) is 1.88. The Morgan fingerprint density at radius 1 is 1.16 bits per heavy atom. The second kappa shape index (κ2) is 6.92. The smallest absolute Gasteiger partial charge is 0.0991 e. The minimum absolute atomic E-state index is 0.556. The maximum atomic E-state index is 8.86. The Bertz CT molecular complexity index is 487. The van der Waals surface area contributed by atoms with E-state index in [2.05, 4.69) is 23.5 Å². The van der Waals surface area contributed by atoms with E-state index in [4.69, 9.17) is 10.5 Å². The minimum Gasteiger partial charge on any atom is -0.310 e. The van der Waals surface area contributed by atoms with E-state index in [1.54, 1.807) is 0 Å². The molecule has 0 unspecified atom stereocenters. The topological polar surface area (TPSA) is 59.6 Å². The van der Waals surface area contributed by atoms with Crippen LogP contribution in [0.1, 0.15) is 43.2 Å². The fourth-order valence-corrected chi connectivity index (χ4v) is 2.71. The third-order valence-electron chi connectivity index (χ3n) is 3.88. The second-order valence-electron chi connectivity index (χ2n) is 5.27. The molecule has 1 aromatic carbocycles. The number of nitrogens with one attached hydrogen (secondary N) is 1. The summed E-state index contributed by atoms with van der Waals surface area (Å²) < 4.78 is 0. The zero-order chi connectivity index (χ0) is 13.5. The maximum absolute atomic E-state index is 8.86. The van der Waals surface area contributed by atoms with Crippen molar-refractivity contribution in [3.05, 3.63) is 35.4 Å². The van der Waals surface area contributed by atoms with Crippen LogP contribution in [-0.4, -0.2) is 6.04 Å². The van der Waals surface area contributed by atoms with E-state index < -0.39 is 0 Å². The van der Waals surface area contributed by atoms with Gasteiger partial charge in [-0.1, -0.05) is 12.1 Å². The van der Waals surface area contributed by atoms with Crippen molar-refractivity contribution in [2.75, 3.05) is 0 Å². The van der Waals surface area contributed by atoms with Gasteiger partial charge in [-0.05, 0) is 49.3 Å². The zero-order valence-corrected chi connectivity index (χ0v) is 11.1. The fraction of sp³-hybridized carbons (Fsp3) is 0.500. The SMILES string of the molecule is N#CC[C@H]1CC[C@H](NCc2cccc(C#N)c2)CC1. The van der Waals surface area contributed by atoms with Crippen LogP contribution in [0.15, 0.2) is 24.3 Å². The maximum Gasteiger partial charge on any atom is 0.0991 e. The Balaban J connectivity index is 1.78. The predicted molar refractivity (Wildman–Crippen MR) is 74.0 cm³/mol. The van der Waals surface area contributed by atoms with Crippen molar-refractivity contribution in [1.82, 2.24) is 5.32 Å². The first-order valence-electron chi connectivity index (χ1n) is 6.91. The van der Waals surface area contributed by atoms with Gasteiger partial charge in [0.05, 0.1) is 17.7 Å². The normalized spacial score (nSPS) is 22.4. The van der Waals surface area contributed by atoms with E-state index in [0.29, 0.717) is 18.4 Å². The highest BCUT2D eigenvalue weighted by atomic mass is 14.9. The Kier molecular flexibility index (Phi) is 4.95. The van der Waals surface area contributed by atoms with Gasteiger partial charge in [-0.3, -0.25) is 0 Å². The summed E-state index contributed by atoms with van der Waals surface area (Å²) in [4.78, 5) is 0. The molecule has 1 aliphatic carbocycles. The van der Waals surface area contributed by atoms with Crippen LogP contribution in [0.3, 0.4) is 0 Å². The van der Waals surface area contributed by atoms with Gasteiger partial charge in [0, 0.05) is 19.0 Å². The van der Waals surface area contributed by atoms with Gasteiger partial charge in [0.1, 0.15) is 0 Å². The van der Waals surface area contributed by atoms with E-state index in [9.17, 15) is 0 Å². The lowest BCUT2D eigenvalue weighted by Crippen LogP contribution is -2.32. The second-order valence-corrected chi connectivity index (χ2v) is 5.27. The average Bonchev–Trinajstić information content (AvgIpc) is 2.47. The van der Waals surface area contributed by atoms with Crippen molar-refractivity contribution in [1.29, 1.82) is 10.5 Å². The Labute approximate surface area is 114 Å². The van der Waals surface area contributed by atoms with Crippen molar-refractivity contribution < 1.29 is 0 Å². The Hall–Kier alpha value is -1.84. The van der Waals surface area contributed by atoms with E-state index in [1.807, 2.05) is 18.2 Å². The lowest BCUT2D eigenvalue weighted by Gasteiger charge is -2.28. The molecule has 0 radical (unpaired) electrons. The molecular weight excluding hydrogens is 234 g/mol. The number of nitriles is 2. The summed E-state index contributed by atoms with van der Waals surface area (Å²) in [5, 5.41) is 21.1. The standard InChI is InChI=1S/C16H19N3/c17-9-8-13-4-6-16(7-5-13)19-12-15-3-1-2-14(10-15)11-18/h1-3,10,13,16,19H,4-8,12H2/t13-,16-. The van der Waals surface area contributed by atoms with Crippen LogP contribution in [0, 0.1) is 28.6 Å². The quantitative estimate of drug-likeness (QED) is 0.896. The number of hydrogen-bond acceptors (Lipinski definition) is 3. The van der Waals surface area contributed by atoms with Crippen LogP contribution >= 0.6 is 0 Å². The molecule has 0 heterocycles. The van der Waals surface area contributed by atoms with Crippen molar-refractivity contribution in [3.63, 3.8) is 0 Å². The van der Waals surface area contributed by atoms with Gasteiger partial charge in [-0.2, -0.15) is 10.5 Å². The molecular formula is C16H19N3. The van der Waals surface area contributed by atoms with Gasteiger partial charge in [-0.15, -0.1) is 0 Å². The molecule has 1 fully saturated rings. The fourth-order valence-electron chi connectivity index (χ4n) is 2.71. The molecule has 1 aromatic rings. The molecule has 3 nitrogen and oxygen atoms in total. The first kappa shape index (κ1) is 13.6. The first-order chi connectivity index (χ1) is 9.31. The van der Waals surface area contributed by atoms with Gasteiger partial charge in [0.25, 0.3) is 0 Å². The molecule has 0 spiro atoms. The lowest BCUT2D eigenvalue weighted by atomic mass is 9.84. The Morgan fingerprint density at radius 2 is 1.95 bits per heavy atom. The number of hydrogen-bond donors (Lipinski definition) is 1. The number of nitrogens with zero attached hydrogens (tertiary/aromatic N) is 2. The average molecular weight is 253 g/mol. The van der Waals surface area contributed by atoms with Crippen LogP contribution in [-0.2, 0) is 6.54 Å². The third-order valence-corrected chi connectivity index (χ3v) is 3.88. The van der Waals surface area contributed by atoms with Crippen molar-refractivity contribution in [2.45, 2.75) is 44.7 Å². The van der Waals surface area contributed by atoms with Gasteiger partial charge in [-0.25, -0.2) is 0 Å². The van der Waals surface area contributed by atoms with E-state index in [0.717, 1.165) is 43.4 Å². The molecule has 0 bridgehead atoms. The summed E-state index contributed by atoms with van der Waals surface area (Å²) >= 11 is 0. The third kappa shape index (κ3) is 4.09. The van der Waals surface area contributed by atoms with Crippen LogP contribution in [0.4, 0.5) is 0 Å². The molecule has 0 atom stereocenters. The highest BCUT2D eigenvalue weighted by Gasteiger charge is 2.20. The van der Waals surface area contributed by atoms with Gasteiger partial charge in [0.15, 0.2) is 0 Å². The van der Waals surface area contributed by atoms with Crippen LogP contribution in [0.2, 0.25) is 0 Å². The minimum atomic E-state index is 0.556. The molecule has 3 heteroatoms. The number of benzene rings is 1. The van der Waals surface area contributed by atoms with E-state index in [-0.39, 0.29) is 0 Å². The molecule has 0 aliphatic heterocycles. The van der Waals surface area contributed by atoms with Crippen molar-refractivity contribution in [2.24, 2.45) is 5.92 Å². The van der Waals surface area contributed by atoms with Crippen LogP contribution in [0.25, 0.3) is 0 Å². The largest absolute Gasteiger partial charge is 0.310 e. The van der Waals surface area contributed by atoms with Crippen molar-refractivity contribution in [3.8, 4) is 12.1 Å². The molecule has 0 saturated heterocycles. The monoisotopic (exact) mass is 253 g/mol. The summed E-state index contributed by atoms with van der Waals surface area (Å²) in [7, 11) is 0. The van der Waals surface area contributed by atoms with Crippen molar-refractivity contribution >= 4 is 0 Å². The number of rotatable bonds is 4. The summed E-state index contributed by atoms with van der Waals surface area (Å²) in [6.07, 6.45) is 5.33. The lowest BCUT2D eigenvalue weighted by molar-refractivity contribution is 0.294. The summed E-state index contributed by atoms with van der Waals surface area (Å²) in [6.45, 7) is 0.823. The molecule has 1 aliphatic rings. The van der Waals surface area contributed by atoms with Crippen LogP contribution < -0.4 is 5.32 Å². The molecule has 1 N–H and O–H groups in total. The molecule has 2 rings (SSSR count). The highest BCUT2D eigenvalue weighted by Crippen LogP contribution is 2.26. The van der Waals surface area contributed by atoms with Gasteiger partial charge >= 0.3 is 0 Å². The molecule has 1 saturated carbocycles.